The number of thioether (sulfide) groups is 1. The van der Waals surface area contributed by atoms with Gasteiger partial charge in [0, 0.05) is 16.7 Å². The molecule has 1 fully saturated rings. The molecule has 1 aliphatic rings. The Bertz CT molecular complexity index is 442. The first kappa shape index (κ1) is 16.4. The van der Waals surface area contributed by atoms with Gasteiger partial charge in [-0.2, -0.15) is 0 Å². The molecular weight excluding hydrogens is 306 g/mol. The molecule has 0 unspecified atom stereocenters. The Kier molecular flexibility index (Phi) is 7.09. The lowest BCUT2D eigenvalue weighted by Crippen LogP contribution is -2.38. The van der Waals surface area contributed by atoms with Crippen LogP contribution < -0.4 is 5.32 Å². The molecule has 4 nitrogen and oxygen atoms in total. The SMILES string of the molecule is O=C(COC(=O)CSCc1cccs1)NC1CCCCC1. The summed E-state index contributed by atoms with van der Waals surface area (Å²) in [5.74, 6) is 0.587. The fourth-order valence-electron chi connectivity index (χ4n) is 2.33. The summed E-state index contributed by atoms with van der Waals surface area (Å²) in [5, 5.41) is 4.95. The van der Waals surface area contributed by atoms with Crippen molar-refractivity contribution in [2.75, 3.05) is 12.4 Å². The van der Waals surface area contributed by atoms with Gasteiger partial charge in [-0.3, -0.25) is 9.59 Å². The third-order valence-corrected chi connectivity index (χ3v) is 5.39. The van der Waals surface area contributed by atoms with Gasteiger partial charge in [0.05, 0.1) is 5.75 Å². The minimum absolute atomic E-state index is 0.158. The van der Waals surface area contributed by atoms with E-state index in [-0.39, 0.29) is 30.3 Å². The molecule has 1 aromatic heterocycles. The molecule has 0 bridgehead atoms. The maximum absolute atomic E-state index is 11.7. The third-order valence-electron chi connectivity index (χ3n) is 3.38. The third kappa shape index (κ3) is 6.52. The molecule has 6 heteroatoms. The van der Waals surface area contributed by atoms with Gasteiger partial charge in [0.2, 0.25) is 0 Å². The topological polar surface area (TPSA) is 55.4 Å². The Hall–Kier alpha value is -1.01. The Balaban J connectivity index is 1.54. The second kappa shape index (κ2) is 9.10. The molecule has 21 heavy (non-hydrogen) atoms. The van der Waals surface area contributed by atoms with Gasteiger partial charge in [0.1, 0.15) is 0 Å². The maximum atomic E-state index is 11.7. The van der Waals surface area contributed by atoms with Gasteiger partial charge in [-0.15, -0.1) is 23.1 Å². The summed E-state index contributed by atoms with van der Waals surface area (Å²) in [6.07, 6.45) is 5.67. The molecule has 0 atom stereocenters. The Morgan fingerprint density at radius 2 is 2.14 bits per heavy atom. The molecule has 0 saturated heterocycles. The number of thiophene rings is 1. The summed E-state index contributed by atoms with van der Waals surface area (Å²) >= 11 is 3.19. The van der Waals surface area contributed by atoms with E-state index in [9.17, 15) is 9.59 Å². The summed E-state index contributed by atoms with van der Waals surface area (Å²) in [4.78, 5) is 24.5. The number of hydrogen-bond acceptors (Lipinski definition) is 5. The first-order valence-electron chi connectivity index (χ1n) is 7.29. The highest BCUT2D eigenvalue weighted by atomic mass is 32.2. The molecule has 2 rings (SSSR count). The minimum Gasteiger partial charge on any atom is -0.455 e. The highest BCUT2D eigenvalue weighted by molar-refractivity contribution is 7.99. The van der Waals surface area contributed by atoms with Crippen molar-refractivity contribution in [1.82, 2.24) is 5.32 Å². The van der Waals surface area contributed by atoms with Crippen molar-refractivity contribution < 1.29 is 14.3 Å². The Morgan fingerprint density at radius 3 is 2.86 bits per heavy atom. The normalized spacial score (nSPS) is 15.6. The van der Waals surface area contributed by atoms with E-state index in [4.69, 9.17) is 4.74 Å². The number of amides is 1. The predicted molar refractivity (Wildman–Crippen MR) is 86.5 cm³/mol. The molecule has 1 N–H and O–H groups in total. The second-order valence-electron chi connectivity index (χ2n) is 5.14. The quantitative estimate of drug-likeness (QED) is 0.782. The summed E-state index contributed by atoms with van der Waals surface area (Å²) in [6.45, 7) is -0.158. The van der Waals surface area contributed by atoms with Gasteiger partial charge in [-0.05, 0) is 24.3 Å². The van der Waals surface area contributed by atoms with Crippen LogP contribution in [0.5, 0.6) is 0 Å². The van der Waals surface area contributed by atoms with Crippen LogP contribution in [0.25, 0.3) is 0 Å². The number of nitrogens with one attached hydrogen (secondary N) is 1. The summed E-state index contributed by atoms with van der Waals surface area (Å²) < 4.78 is 5.00. The smallest absolute Gasteiger partial charge is 0.316 e. The van der Waals surface area contributed by atoms with Crippen molar-refractivity contribution in [1.29, 1.82) is 0 Å². The number of carbonyl (C=O) groups excluding carboxylic acids is 2. The molecule has 1 aromatic rings. The predicted octanol–water partition coefficient (Wildman–Crippen LogP) is 2.97. The maximum Gasteiger partial charge on any atom is 0.316 e. The zero-order valence-electron chi connectivity index (χ0n) is 12.0. The number of ether oxygens (including phenoxy) is 1. The highest BCUT2D eigenvalue weighted by Crippen LogP contribution is 2.18. The van der Waals surface area contributed by atoms with Gasteiger partial charge in [0.15, 0.2) is 6.61 Å². The van der Waals surface area contributed by atoms with Crippen molar-refractivity contribution in [3.63, 3.8) is 0 Å². The van der Waals surface area contributed by atoms with Gasteiger partial charge < -0.3 is 10.1 Å². The molecule has 1 aliphatic carbocycles. The van der Waals surface area contributed by atoms with E-state index >= 15 is 0 Å². The van der Waals surface area contributed by atoms with E-state index in [0.29, 0.717) is 0 Å². The van der Waals surface area contributed by atoms with Crippen LogP contribution in [0.4, 0.5) is 0 Å². The van der Waals surface area contributed by atoms with Crippen LogP contribution in [0.3, 0.4) is 0 Å². The molecule has 0 aliphatic heterocycles. The molecule has 1 heterocycles. The van der Waals surface area contributed by atoms with Crippen LogP contribution >= 0.6 is 23.1 Å². The molecule has 116 valence electrons. The van der Waals surface area contributed by atoms with Crippen molar-refractivity contribution in [2.45, 2.75) is 43.9 Å². The minimum atomic E-state index is -0.324. The number of carbonyl (C=O) groups is 2. The van der Waals surface area contributed by atoms with Crippen LogP contribution in [-0.2, 0) is 20.1 Å². The molecular formula is C15H21NO3S2. The van der Waals surface area contributed by atoms with Crippen LogP contribution in [-0.4, -0.2) is 30.3 Å². The van der Waals surface area contributed by atoms with Gasteiger partial charge in [-0.1, -0.05) is 25.3 Å². The van der Waals surface area contributed by atoms with Crippen LogP contribution in [0.15, 0.2) is 17.5 Å². The highest BCUT2D eigenvalue weighted by Gasteiger charge is 2.16. The number of esters is 1. The molecule has 1 amide bonds. The zero-order chi connectivity index (χ0) is 14.9. The van der Waals surface area contributed by atoms with E-state index in [1.54, 1.807) is 11.3 Å². The van der Waals surface area contributed by atoms with E-state index in [2.05, 4.69) is 5.32 Å². The Labute approximate surface area is 133 Å². The van der Waals surface area contributed by atoms with E-state index in [1.165, 1.54) is 35.9 Å². The molecule has 0 radical (unpaired) electrons. The van der Waals surface area contributed by atoms with E-state index in [0.717, 1.165) is 18.6 Å². The van der Waals surface area contributed by atoms with Crippen molar-refractivity contribution in [3.8, 4) is 0 Å². The monoisotopic (exact) mass is 327 g/mol. The first-order valence-corrected chi connectivity index (χ1v) is 9.32. The summed E-state index contributed by atoms with van der Waals surface area (Å²) in [7, 11) is 0. The second-order valence-corrected chi connectivity index (χ2v) is 7.15. The average molecular weight is 327 g/mol. The zero-order valence-corrected chi connectivity index (χ0v) is 13.6. The lowest BCUT2D eigenvalue weighted by atomic mass is 9.95. The van der Waals surface area contributed by atoms with Crippen LogP contribution in [0.2, 0.25) is 0 Å². The number of rotatable bonds is 7. The fraction of sp³-hybridized carbons (Fsp3) is 0.600. The Morgan fingerprint density at radius 1 is 1.33 bits per heavy atom. The van der Waals surface area contributed by atoms with Crippen molar-refractivity contribution in [3.05, 3.63) is 22.4 Å². The fourth-order valence-corrected chi connectivity index (χ4v) is 3.99. The molecule has 0 aromatic carbocycles. The van der Waals surface area contributed by atoms with Crippen molar-refractivity contribution >= 4 is 35.0 Å². The van der Waals surface area contributed by atoms with Crippen LogP contribution in [0, 0.1) is 0 Å². The largest absolute Gasteiger partial charge is 0.455 e. The summed E-state index contributed by atoms with van der Waals surface area (Å²) in [5.41, 5.74) is 0. The lowest BCUT2D eigenvalue weighted by molar-refractivity contribution is -0.146. The average Bonchev–Trinajstić information content (AvgIpc) is 2.99. The van der Waals surface area contributed by atoms with Gasteiger partial charge >= 0.3 is 5.97 Å². The van der Waals surface area contributed by atoms with Crippen LogP contribution in [0.1, 0.15) is 37.0 Å². The van der Waals surface area contributed by atoms with E-state index < -0.39 is 0 Å². The lowest BCUT2D eigenvalue weighted by Gasteiger charge is -2.22. The molecule has 0 spiro atoms. The summed E-state index contributed by atoms with van der Waals surface area (Å²) in [6, 6.07) is 4.30. The van der Waals surface area contributed by atoms with Gasteiger partial charge in [0.25, 0.3) is 5.91 Å². The first-order chi connectivity index (χ1) is 10.2. The van der Waals surface area contributed by atoms with Crippen molar-refractivity contribution in [2.24, 2.45) is 0 Å². The van der Waals surface area contributed by atoms with E-state index in [1.807, 2.05) is 17.5 Å². The standard InChI is InChI=1S/C15H21NO3S2/c17-14(16-12-5-2-1-3-6-12)9-19-15(18)11-20-10-13-7-4-8-21-13/h4,7-8,12H,1-3,5-6,9-11H2,(H,16,17). The molecule has 1 saturated carbocycles. The number of hydrogen-bond donors (Lipinski definition) is 1. The van der Waals surface area contributed by atoms with Gasteiger partial charge in [-0.25, -0.2) is 0 Å².